The second-order valence-electron chi connectivity index (χ2n) is 6.33. The maximum Gasteiger partial charge on any atom is 0.323 e. The highest BCUT2D eigenvalue weighted by Gasteiger charge is 2.08. The summed E-state index contributed by atoms with van der Waals surface area (Å²) in [6.45, 7) is 2.59. The molecule has 0 aliphatic rings. The maximum atomic E-state index is 12.5. The molecule has 0 unspecified atom stereocenters. The van der Waals surface area contributed by atoms with Gasteiger partial charge in [-0.25, -0.2) is 4.79 Å². The van der Waals surface area contributed by atoms with Crippen LogP contribution in [0.1, 0.15) is 17.3 Å². The number of hydrogen-bond acceptors (Lipinski definition) is 3. The third-order valence-corrected chi connectivity index (χ3v) is 4.42. The van der Waals surface area contributed by atoms with Gasteiger partial charge in [-0.05, 0) is 60.5 Å². The molecular formula is C22H19N3O3. The summed E-state index contributed by atoms with van der Waals surface area (Å²) in [5.41, 5.74) is 4.31. The molecule has 0 fully saturated rings. The van der Waals surface area contributed by atoms with E-state index in [4.69, 9.17) is 4.74 Å². The SMILES string of the molecule is CCOc1ccc(-c2ccc(C(=O)Nc3ccc4[nH]c(=O)[nH]c4c3)cc2)cc1. The summed E-state index contributed by atoms with van der Waals surface area (Å²) in [5.74, 6) is 0.624. The fraction of sp³-hybridized carbons (Fsp3) is 0.0909. The molecule has 4 rings (SSSR count). The molecule has 3 N–H and O–H groups in total. The van der Waals surface area contributed by atoms with E-state index in [2.05, 4.69) is 15.3 Å². The highest BCUT2D eigenvalue weighted by Crippen LogP contribution is 2.23. The second kappa shape index (κ2) is 7.44. The van der Waals surface area contributed by atoms with E-state index in [0.29, 0.717) is 28.9 Å². The lowest BCUT2D eigenvalue weighted by Gasteiger charge is -2.08. The van der Waals surface area contributed by atoms with Gasteiger partial charge in [0.2, 0.25) is 0 Å². The van der Waals surface area contributed by atoms with Crippen LogP contribution in [0.5, 0.6) is 5.75 Å². The monoisotopic (exact) mass is 373 g/mol. The molecule has 6 heteroatoms. The Morgan fingerprint density at radius 1 is 0.893 bits per heavy atom. The van der Waals surface area contributed by atoms with Gasteiger partial charge in [-0.2, -0.15) is 0 Å². The van der Waals surface area contributed by atoms with Crippen molar-refractivity contribution >= 4 is 22.6 Å². The van der Waals surface area contributed by atoms with Crippen LogP contribution >= 0.6 is 0 Å². The van der Waals surface area contributed by atoms with Gasteiger partial charge in [-0.3, -0.25) is 4.79 Å². The molecule has 0 radical (unpaired) electrons. The number of imidazole rings is 1. The number of carbonyl (C=O) groups excluding carboxylic acids is 1. The third kappa shape index (κ3) is 3.66. The standard InChI is InChI=1S/C22H19N3O3/c1-2-28-18-10-7-15(8-11-18)14-3-5-16(6-4-14)21(26)23-17-9-12-19-20(13-17)25-22(27)24-19/h3-13H,2H2,1H3,(H,23,26)(H2,24,25,27). The van der Waals surface area contributed by atoms with Crippen LogP contribution in [0, 0.1) is 0 Å². The normalized spacial score (nSPS) is 10.8. The van der Waals surface area contributed by atoms with Crippen molar-refractivity contribution in [3.8, 4) is 16.9 Å². The number of aromatic amines is 2. The topological polar surface area (TPSA) is 87.0 Å². The number of rotatable bonds is 5. The number of benzene rings is 3. The lowest BCUT2D eigenvalue weighted by molar-refractivity contribution is 0.102. The summed E-state index contributed by atoms with van der Waals surface area (Å²) in [7, 11) is 0. The Bertz CT molecular complexity index is 1170. The number of anilines is 1. The molecule has 3 aromatic carbocycles. The summed E-state index contributed by atoms with van der Waals surface area (Å²) in [6.07, 6.45) is 0. The molecule has 4 aromatic rings. The summed E-state index contributed by atoms with van der Waals surface area (Å²) in [5, 5.41) is 2.85. The van der Waals surface area contributed by atoms with Gasteiger partial charge in [0, 0.05) is 11.3 Å². The number of ether oxygens (including phenoxy) is 1. The first-order valence-electron chi connectivity index (χ1n) is 8.99. The van der Waals surface area contributed by atoms with E-state index < -0.39 is 0 Å². The van der Waals surface area contributed by atoms with Crippen molar-refractivity contribution in [2.75, 3.05) is 11.9 Å². The molecule has 6 nitrogen and oxygen atoms in total. The first kappa shape index (κ1) is 17.6. The Hall–Kier alpha value is -3.80. The highest BCUT2D eigenvalue weighted by atomic mass is 16.5. The van der Waals surface area contributed by atoms with Crippen molar-refractivity contribution in [2.24, 2.45) is 0 Å². The molecule has 0 atom stereocenters. The zero-order valence-electron chi connectivity index (χ0n) is 15.3. The van der Waals surface area contributed by atoms with Crippen molar-refractivity contribution in [3.05, 3.63) is 82.8 Å². The highest BCUT2D eigenvalue weighted by molar-refractivity contribution is 6.05. The van der Waals surface area contributed by atoms with Gasteiger partial charge in [0.1, 0.15) is 5.75 Å². The van der Waals surface area contributed by atoms with Gasteiger partial charge in [0.05, 0.1) is 17.6 Å². The van der Waals surface area contributed by atoms with E-state index in [9.17, 15) is 9.59 Å². The maximum absolute atomic E-state index is 12.5. The van der Waals surface area contributed by atoms with E-state index in [0.717, 1.165) is 16.9 Å². The zero-order valence-corrected chi connectivity index (χ0v) is 15.3. The minimum absolute atomic E-state index is 0.213. The molecule has 0 saturated heterocycles. The average molecular weight is 373 g/mol. The van der Waals surface area contributed by atoms with Gasteiger partial charge in [0.25, 0.3) is 5.91 Å². The van der Waals surface area contributed by atoms with Crippen molar-refractivity contribution in [1.29, 1.82) is 0 Å². The molecule has 0 aliphatic heterocycles. The molecular weight excluding hydrogens is 354 g/mol. The second-order valence-corrected chi connectivity index (χ2v) is 6.33. The first-order valence-corrected chi connectivity index (χ1v) is 8.99. The molecule has 140 valence electrons. The van der Waals surface area contributed by atoms with Crippen LogP contribution in [0.3, 0.4) is 0 Å². The van der Waals surface area contributed by atoms with Crippen LogP contribution in [0.2, 0.25) is 0 Å². The summed E-state index contributed by atoms with van der Waals surface area (Å²) >= 11 is 0. The summed E-state index contributed by atoms with van der Waals surface area (Å²) in [4.78, 5) is 29.2. The molecule has 0 saturated carbocycles. The lowest BCUT2D eigenvalue weighted by Crippen LogP contribution is -2.11. The number of aromatic nitrogens is 2. The van der Waals surface area contributed by atoms with Gasteiger partial charge in [-0.15, -0.1) is 0 Å². The largest absolute Gasteiger partial charge is 0.494 e. The number of amides is 1. The first-order chi connectivity index (χ1) is 13.6. The molecule has 1 aromatic heterocycles. The quantitative estimate of drug-likeness (QED) is 0.491. The van der Waals surface area contributed by atoms with Crippen LogP contribution in [0.15, 0.2) is 71.5 Å². The van der Waals surface area contributed by atoms with Crippen LogP contribution in [0.25, 0.3) is 22.2 Å². The zero-order chi connectivity index (χ0) is 19.5. The van der Waals surface area contributed by atoms with E-state index in [1.807, 2.05) is 43.3 Å². The lowest BCUT2D eigenvalue weighted by atomic mass is 10.0. The van der Waals surface area contributed by atoms with Crippen LogP contribution < -0.4 is 15.7 Å². The van der Waals surface area contributed by atoms with Crippen molar-refractivity contribution in [1.82, 2.24) is 9.97 Å². The van der Waals surface area contributed by atoms with Gasteiger partial charge < -0.3 is 20.0 Å². The summed E-state index contributed by atoms with van der Waals surface area (Å²) < 4.78 is 5.46. The van der Waals surface area contributed by atoms with E-state index in [1.165, 1.54) is 0 Å². The fourth-order valence-corrected chi connectivity index (χ4v) is 3.04. The molecule has 0 aliphatic carbocycles. The molecule has 0 spiro atoms. The van der Waals surface area contributed by atoms with Crippen LogP contribution in [-0.4, -0.2) is 22.5 Å². The minimum atomic E-state index is -0.275. The van der Waals surface area contributed by atoms with Gasteiger partial charge in [-0.1, -0.05) is 24.3 Å². The van der Waals surface area contributed by atoms with Gasteiger partial charge >= 0.3 is 5.69 Å². The van der Waals surface area contributed by atoms with E-state index in [1.54, 1.807) is 30.3 Å². The number of H-pyrrole nitrogens is 2. The predicted molar refractivity (Wildman–Crippen MR) is 110 cm³/mol. The molecule has 1 amide bonds. The van der Waals surface area contributed by atoms with Crippen molar-refractivity contribution in [2.45, 2.75) is 6.92 Å². The molecule has 0 bridgehead atoms. The van der Waals surface area contributed by atoms with E-state index in [-0.39, 0.29) is 11.6 Å². The van der Waals surface area contributed by atoms with Gasteiger partial charge in [0.15, 0.2) is 0 Å². The summed E-state index contributed by atoms with van der Waals surface area (Å²) in [6, 6.07) is 20.5. The van der Waals surface area contributed by atoms with Crippen molar-refractivity contribution in [3.63, 3.8) is 0 Å². The smallest absolute Gasteiger partial charge is 0.323 e. The van der Waals surface area contributed by atoms with E-state index >= 15 is 0 Å². The van der Waals surface area contributed by atoms with Crippen LogP contribution in [-0.2, 0) is 0 Å². The number of fused-ring (bicyclic) bond motifs is 1. The Morgan fingerprint density at radius 3 is 2.21 bits per heavy atom. The third-order valence-electron chi connectivity index (χ3n) is 4.42. The van der Waals surface area contributed by atoms with Crippen LogP contribution in [0.4, 0.5) is 5.69 Å². The predicted octanol–water partition coefficient (Wildman–Crippen LogP) is 4.17. The molecule has 28 heavy (non-hydrogen) atoms. The molecule has 1 heterocycles. The number of nitrogens with one attached hydrogen (secondary N) is 3. The fourth-order valence-electron chi connectivity index (χ4n) is 3.04. The Balaban J connectivity index is 1.49. The Kier molecular flexibility index (Phi) is 4.68. The average Bonchev–Trinajstić information content (AvgIpc) is 3.08. The Morgan fingerprint density at radius 2 is 1.54 bits per heavy atom. The Labute approximate surface area is 161 Å². The number of carbonyl (C=O) groups is 1. The minimum Gasteiger partial charge on any atom is -0.494 e. The van der Waals surface area contributed by atoms with Crippen molar-refractivity contribution < 1.29 is 9.53 Å². The number of hydrogen-bond donors (Lipinski definition) is 3.